The van der Waals surface area contributed by atoms with E-state index in [1.807, 2.05) is 18.2 Å². The van der Waals surface area contributed by atoms with Gasteiger partial charge in [-0.2, -0.15) is 0 Å². The van der Waals surface area contributed by atoms with E-state index in [-0.39, 0.29) is 23.1 Å². The first kappa shape index (κ1) is 19.9. The summed E-state index contributed by atoms with van der Waals surface area (Å²) in [5.41, 5.74) is 3.09. The van der Waals surface area contributed by atoms with Crippen molar-refractivity contribution in [2.24, 2.45) is 0 Å². The maximum atomic E-state index is 12.9. The van der Waals surface area contributed by atoms with Crippen LogP contribution in [0.25, 0.3) is 0 Å². The molecule has 1 fully saturated rings. The van der Waals surface area contributed by atoms with E-state index < -0.39 is 0 Å². The molecule has 1 atom stereocenters. The van der Waals surface area contributed by atoms with E-state index in [2.05, 4.69) is 39.5 Å². The van der Waals surface area contributed by atoms with Crippen LogP contribution in [0.4, 0.5) is 0 Å². The molecule has 1 aromatic heterocycles. The Balaban J connectivity index is 1.39. The van der Waals surface area contributed by atoms with Crippen molar-refractivity contribution in [3.05, 3.63) is 63.4 Å². The molecule has 5 heteroatoms. The van der Waals surface area contributed by atoms with Crippen molar-refractivity contribution in [1.82, 2.24) is 4.90 Å². The number of benzene rings is 1. The predicted molar refractivity (Wildman–Crippen MR) is 115 cm³/mol. The Labute approximate surface area is 176 Å². The highest BCUT2D eigenvalue weighted by molar-refractivity contribution is 7.12. The third kappa shape index (κ3) is 4.01. The highest BCUT2D eigenvalue weighted by Gasteiger charge is 2.39. The molecule has 0 bridgehead atoms. The van der Waals surface area contributed by atoms with Crippen molar-refractivity contribution < 1.29 is 14.3 Å². The lowest BCUT2D eigenvalue weighted by atomic mass is 9.87. The average molecular weight is 410 g/mol. The van der Waals surface area contributed by atoms with Crippen LogP contribution in [0, 0.1) is 0 Å². The minimum Gasteiger partial charge on any atom is -0.488 e. The zero-order chi connectivity index (χ0) is 20.8. The third-order valence-electron chi connectivity index (χ3n) is 5.71. The highest BCUT2D eigenvalue weighted by Crippen LogP contribution is 2.35. The Kier molecular flexibility index (Phi) is 5.11. The molecule has 0 unspecified atom stereocenters. The lowest BCUT2D eigenvalue weighted by Crippen LogP contribution is -2.43. The first-order valence-electron chi connectivity index (χ1n) is 10.1. The quantitative estimate of drug-likeness (QED) is 0.647. The summed E-state index contributed by atoms with van der Waals surface area (Å²) in [5.74, 6) is 0.919. The molecule has 2 aliphatic rings. The second-order valence-electron chi connectivity index (χ2n) is 8.99. The molecule has 1 aromatic carbocycles. The minimum absolute atomic E-state index is 0.0251. The van der Waals surface area contributed by atoms with Crippen LogP contribution in [0.5, 0.6) is 5.75 Å². The monoisotopic (exact) mass is 409 g/mol. The molecule has 0 N–H and O–H groups in total. The number of carbonyl (C=O) groups excluding carboxylic acids is 2. The van der Waals surface area contributed by atoms with Gasteiger partial charge in [0.2, 0.25) is 0 Å². The topological polar surface area (TPSA) is 46.6 Å². The molecule has 1 aliphatic carbocycles. The fourth-order valence-corrected chi connectivity index (χ4v) is 5.05. The van der Waals surface area contributed by atoms with Gasteiger partial charge in [-0.3, -0.25) is 9.59 Å². The van der Waals surface area contributed by atoms with E-state index in [0.717, 1.165) is 33.1 Å². The number of hydrogen-bond acceptors (Lipinski definition) is 4. The van der Waals surface area contributed by atoms with Gasteiger partial charge in [-0.05, 0) is 42.0 Å². The van der Waals surface area contributed by atoms with Gasteiger partial charge in [0.25, 0.3) is 5.91 Å². The Hall–Kier alpha value is -2.40. The average Bonchev–Trinajstić information content (AvgIpc) is 3.19. The van der Waals surface area contributed by atoms with Crippen molar-refractivity contribution >= 4 is 23.0 Å². The van der Waals surface area contributed by atoms with E-state index in [9.17, 15) is 9.59 Å². The predicted octanol–water partition coefficient (Wildman–Crippen LogP) is 5.26. The van der Waals surface area contributed by atoms with E-state index in [1.165, 1.54) is 5.56 Å². The van der Waals surface area contributed by atoms with Gasteiger partial charge < -0.3 is 9.64 Å². The van der Waals surface area contributed by atoms with Crippen LogP contribution >= 0.6 is 11.3 Å². The Morgan fingerprint density at radius 3 is 2.55 bits per heavy atom. The Morgan fingerprint density at radius 1 is 1.21 bits per heavy atom. The molecule has 0 saturated heterocycles. The lowest BCUT2D eigenvalue weighted by molar-refractivity contribution is -0.124. The number of ketones is 1. The third-order valence-corrected chi connectivity index (χ3v) is 6.80. The Bertz CT molecular complexity index is 965. The van der Waals surface area contributed by atoms with Gasteiger partial charge in [-0.1, -0.05) is 45.1 Å². The zero-order valence-corrected chi connectivity index (χ0v) is 18.1. The van der Waals surface area contributed by atoms with Crippen LogP contribution in [0.3, 0.4) is 0 Å². The number of Topliss-reactive ketones (excluding diaryl/α,β-unsaturated/α-hetero) is 1. The molecule has 29 heavy (non-hydrogen) atoms. The van der Waals surface area contributed by atoms with Crippen molar-refractivity contribution in [2.75, 3.05) is 0 Å². The molecular weight excluding hydrogens is 382 g/mol. The number of rotatable bonds is 4. The van der Waals surface area contributed by atoms with Gasteiger partial charge in [0.15, 0.2) is 5.78 Å². The van der Waals surface area contributed by atoms with E-state index in [4.69, 9.17) is 4.74 Å². The normalized spacial score (nSPS) is 19.6. The maximum Gasteiger partial charge on any atom is 0.256 e. The van der Waals surface area contributed by atoms with Gasteiger partial charge in [0.1, 0.15) is 12.4 Å². The molecule has 2 heterocycles. The fourth-order valence-electron chi connectivity index (χ4n) is 3.98. The van der Waals surface area contributed by atoms with E-state index >= 15 is 0 Å². The second-order valence-corrected chi connectivity index (χ2v) is 10.2. The summed E-state index contributed by atoms with van der Waals surface area (Å²) in [6.45, 7) is 11.5. The summed E-state index contributed by atoms with van der Waals surface area (Å²) < 4.78 is 5.93. The van der Waals surface area contributed by atoms with E-state index in [1.54, 1.807) is 16.2 Å². The van der Waals surface area contributed by atoms with Gasteiger partial charge >= 0.3 is 0 Å². The van der Waals surface area contributed by atoms with Crippen LogP contribution in [0.15, 0.2) is 42.5 Å². The minimum atomic E-state index is -0.298. The fraction of sp³-hybridized carbons (Fsp3) is 0.417. The first-order valence-corrected chi connectivity index (χ1v) is 10.9. The Morgan fingerprint density at radius 2 is 1.93 bits per heavy atom. The van der Waals surface area contributed by atoms with Crippen molar-refractivity contribution in [3.8, 4) is 5.75 Å². The standard InChI is InChI=1S/C24H27NO3S/c1-15-5-10-20(21(26)11-15)25-13-22-19(23(25)27)12-18(29-22)14-28-17-8-6-16(7-9-17)24(2,3)4/h6-9,12,20H,1,5,10-11,13-14H2,2-4H3/t20-/m0/s1. The number of allylic oxidation sites excluding steroid dienone is 1. The molecule has 1 saturated carbocycles. The largest absolute Gasteiger partial charge is 0.488 e. The number of amides is 1. The molecule has 2 aromatic rings. The van der Waals surface area contributed by atoms with Crippen molar-refractivity contribution in [2.45, 2.75) is 64.6 Å². The summed E-state index contributed by atoms with van der Waals surface area (Å²) in [5, 5.41) is 0. The number of carbonyl (C=O) groups is 2. The SMILES string of the molecule is C=C1CC[C@H](N2Cc3sc(COc4ccc(C(C)(C)C)cc4)cc3C2=O)C(=O)C1. The molecule has 4 rings (SSSR count). The zero-order valence-electron chi connectivity index (χ0n) is 17.3. The van der Waals surface area contributed by atoms with Gasteiger partial charge in [-0.25, -0.2) is 0 Å². The van der Waals surface area contributed by atoms with Crippen LogP contribution in [0.1, 0.15) is 65.7 Å². The van der Waals surface area contributed by atoms with Crippen molar-refractivity contribution in [3.63, 3.8) is 0 Å². The number of fused-ring (bicyclic) bond motifs is 1. The summed E-state index contributed by atoms with van der Waals surface area (Å²) in [4.78, 5) is 29.0. The molecule has 1 aliphatic heterocycles. The number of nitrogens with zero attached hydrogens (tertiary/aromatic N) is 1. The van der Waals surface area contributed by atoms with Crippen LogP contribution < -0.4 is 4.74 Å². The number of thiophene rings is 1. The summed E-state index contributed by atoms with van der Waals surface area (Å²) in [6.07, 6.45) is 1.91. The number of ether oxygens (including phenoxy) is 1. The van der Waals surface area contributed by atoms with Crippen LogP contribution in [-0.2, 0) is 23.4 Å². The molecule has 152 valence electrons. The second kappa shape index (κ2) is 7.45. The van der Waals surface area contributed by atoms with Gasteiger partial charge in [0.05, 0.1) is 18.2 Å². The number of hydrogen-bond donors (Lipinski definition) is 0. The molecule has 0 spiro atoms. The maximum absolute atomic E-state index is 12.9. The summed E-state index contributed by atoms with van der Waals surface area (Å²) in [6, 6.07) is 9.82. The van der Waals surface area contributed by atoms with Crippen LogP contribution in [0.2, 0.25) is 0 Å². The molecular formula is C24H27NO3S. The first-order chi connectivity index (χ1) is 13.7. The van der Waals surface area contributed by atoms with Crippen LogP contribution in [-0.4, -0.2) is 22.6 Å². The summed E-state index contributed by atoms with van der Waals surface area (Å²) >= 11 is 1.61. The smallest absolute Gasteiger partial charge is 0.256 e. The van der Waals surface area contributed by atoms with E-state index in [0.29, 0.717) is 26.0 Å². The highest BCUT2D eigenvalue weighted by atomic mass is 32.1. The summed E-state index contributed by atoms with van der Waals surface area (Å²) in [7, 11) is 0. The molecule has 4 nitrogen and oxygen atoms in total. The lowest BCUT2D eigenvalue weighted by Gasteiger charge is -2.30. The van der Waals surface area contributed by atoms with Gasteiger partial charge in [-0.15, -0.1) is 11.3 Å². The molecule has 0 radical (unpaired) electrons. The van der Waals surface area contributed by atoms with Crippen molar-refractivity contribution in [1.29, 1.82) is 0 Å². The molecule has 1 amide bonds. The van der Waals surface area contributed by atoms with Gasteiger partial charge in [0, 0.05) is 16.2 Å².